The summed E-state index contributed by atoms with van der Waals surface area (Å²) in [7, 11) is 1.56. The van der Waals surface area contributed by atoms with E-state index in [2.05, 4.69) is 10.2 Å². The Kier molecular flexibility index (Phi) is 6.82. The van der Waals surface area contributed by atoms with E-state index >= 15 is 0 Å². The first-order chi connectivity index (χ1) is 15.6. The fraction of sp³-hybridized carbons (Fsp3) is 0.333. The summed E-state index contributed by atoms with van der Waals surface area (Å²) in [6.07, 6.45) is 0.667. The summed E-state index contributed by atoms with van der Waals surface area (Å²) >= 11 is 0. The summed E-state index contributed by atoms with van der Waals surface area (Å²) in [6.45, 7) is 4.19. The van der Waals surface area contributed by atoms with E-state index in [0.717, 1.165) is 19.6 Å². The summed E-state index contributed by atoms with van der Waals surface area (Å²) in [6, 6.07) is 12.8. The number of rotatable bonds is 8. The predicted molar refractivity (Wildman–Crippen MR) is 119 cm³/mol. The summed E-state index contributed by atoms with van der Waals surface area (Å²) in [5.41, 5.74) is 1.42. The maximum atomic E-state index is 13.7. The number of nitrogens with one attached hydrogen (secondary N) is 1. The van der Waals surface area contributed by atoms with E-state index in [4.69, 9.17) is 9.47 Å². The Balaban J connectivity index is 1.57. The molecule has 168 valence electrons. The monoisotopic (exact) mass is 439 g/mol. The molecule has 1 saturated heterocycles. The fourth-order valence-corrected chi connectivity index (χ4v) is 3.91. The summed E-state index contributed by atoms with van der Waals surface area (Å²) < 4.78 is 24.3. The van der Waals surface area contributed by atoms with Crippen LogP contribution in [-0.4, -0.2) is 68.1 Å². The van der Waals surface area contributed by atoms with Crippen LogP contribution in [-0.2, 0) is 14.3 Å². The number of hydrogen-bond acceptors (Lipinski definition) is 6. The van der Waals surface area contributed by atoms with Gasteiger partial charge in [0.15, 0.2) is 0 Å². The van der Waals surface area contributed by atoms with Crippen molar-refractivity contribution in [3.8, 4) is 5.75 Å². The van der Waals surface area contributed by atoms with E-state index in [1.807, 2.05) is 0 Å². The average Bonchev–Trinajstić information content (AvgIpc) is 3.04. The molecule has 1 N–H and O–H groups in total. The molecule has 8 heteroatoms. The zero-order valence-corrected chi connectivity index (χ0v) is 18.0. The van der Waals surface area contributed by atoms with Crippen molar-refractivity contribution in [3.05, 3.63) is 65.6 Å². The lowest BCUT2D eigenvalue weighted by Crippen LogP contribution is -2.39. The Morgan fingerprint density at radius 1 is 1.03 bits per heavy atom. The second-order valence-electron chi connectivity index (χ2n) is 7.68. The zero-order valence-electron chi connectivity index (χ0n) is 18.0. The number of nitrogens with zero attached hydrogens (tertiary/aromatic N) is 2. The van der Waals surface area contributed by atoms with Crippen molar-refractivity contribution in [2.24, 2.45) is 0 Å². The Morgan fingerprint density at radius 3 is 2.47 bits per heavy atom. The number of anilines is 1. The molecule has 1 fully saturated rings. The number of benzene rings is 2. The van der Waals surface area contributed by atoms with Crippen LogP contribution in [0.2, 0.25) is 0 Å². The first-order valence-electron chi connectivity index (χ1n) is 10.6. The van der Waals surface area contributed by atoms with E-state index in [9.17, 15) is 14.0 Å². The van der Waals surface area contributed by atoms with Crippen LogP contribution in [0.15, 0.2) is 54.2 Å². The average molecular weight is 439 g/mol. The van der Waals surface area contributed by atoms with Crippen molar-refractivity contribution < 1.29 is 23.5 Å². The lowest BCUT2D eigenvalue weighted by molar-refractivity contribution is -0.136. The summed E-state index contributed by atoms with van der Waals surface area (Å²) in [5.74, 6) is -0.554. The van der Waals surface area contributed by atoms with Gasteiger partial charge in [-0.2, -0.15) is 0 Å². The van der Waals surface area contributed by atoms with E-state index in [-0.39, 0.29) is 17.2 Å². The number of amides is 2. The standard InChI is InChI=1S/C24H26FN3O4/c1-31-20-8-6-17(7-9-20)21-22(26-19-5-2-4-18(25)16-19)24(30)28(23(21)29)11-3-10-27-12-14-32-15-13-27/h2,4-9,16,26H,3,10-15H2,1H3. The zero-order chi connectivity index (χ0) is 22.5. The molecule has 0 bridgehead atoms. The SMILES string of the molecule is COc1ccc(C2=C(Nc3cccc(F)c3)C(=O)N(CCCN3CCOCC3)C2=O)cc1. The van der Waals surface area contributed by atoms with Crippen molar-refractivity contribution >= 4 is 23.1 Å². The highest BCUT2D eigenvalue weighted by atomic mass is 19.1. The first-order valence-corrected chi connectivity index (χ1v) is 10.6. The first kappa shape index (κ1) is 22.0. The predicted octanol–water partition coefficient (Wildman–Crippen LogP) is 2.75. The van der Waals surface area contributed by atoms with Gasteiger partial charge in [0.05, 0.1) is 25.9 Å². The maximum absolute atomic E-state index is 13.7. The highest BCUT2D eigenvalue weighted by Crippen LogP contribution is 2.31. The maximum Gasteiger partial charge on any atom is 0.278 e. The molecule has 0 spiro atoms. The minimum absolute atomic E-state index is 0.150. The van der Waals surface area contributed by atoms with Gasteiger partial charge in [-0.1, -0.05) is 18.2 Å². The molecule has 2 aliphatic rings. The number of ether oxygens (including phenoxy) is 2. The molecular weight excluding hydrogens is 413 g/mol. The third-order valence-corrected chi connectivity index (χ3v) is 5.60. The molecule has 0 atom stereocenters. The smallest absolute Gasteiger partial charge is 0.278 e. The number of morpholine rings is 1. The topological polar surface area (TPSA) is 71.1 Å². The molecule has 0 aliphatic carbocycles. The van der Waals surface area contributed by atoms with Gasteiger partial charge in [0.1, 0.15) is 17.3 Å². The fourth-order valence-electron chi connectivity index (χ4n) is 3.91. The summed E-state index contributed by atoms with van der Waals surface area (Å²) in [5, 5.41) is 2.98. The number of carbonyl (C=O) groups excluding carboxylic acids is 2. The highest BCUT2D eigenvalue weighted by Gasteiger charge is 2.39. The molecule has 7 nitrogen and oxygen atoms in total. The molecule has 0 radical (unpaired) electrons. The van der Waals surface area contributed by atoms with Gasteiger partial charge in [-0.15, -0.1) is 0 Å². The lowest BCUT2D eigenvalue weighted by Gasteiger charge is -2.27. The van der Waals surface area contributed by atoms with Crippen molar-refractivity contribution in [2.45, 2.75) is 6.42 Å². The van der Waals surface area contributed by atoms with Crippen LogP contribution in [0, 0.1) is 5.82 Å². The van der Waals surface area contributed by atoms with E-state index < -0.39 is 11.7 Å². The molecule has 2 aromatic rings. The van der Waals surface area contributed by atoms with Crippen LogP contribution in [0.4, 0.5) is 10.1 Å². The molecular formula is C24H26FN3O4. The second-order valence-corrected chi connectivity index (χ2v) is 7.68. The normalized spacial score (nSPS) is 17.2. The molecule has 2 aliphatic heterocycles. The van der Waals surface area contributed by atoms with Gasteiger partial charge in [0.2, 0.25) is 0 Å². The van der Waals surface area contributed by atoms with Crippen LogP contribution in [0.5, 0.6) is 5.75 Å². The van der Waals surface area contributed by atoms with Gasteiger partial charge in [-0.25, -0.2) is 4.39 Å². The van der Waals surface area contributed by atoms with Gasteiger partial charge >= 0.3 is 0 Å². The van der Waals surface area contributed by atoms with Crippen molar-refractivity contribution in [1.29, 1.82) is 0 Å². The number of imide groups is 1. The second kappa shape index (κ2) is 9.93. The van der Waals surface area contributed by atoms with Gasteiger partial charge < -0.3 is 14.8 Å². The van der Waals surface area contributed by atoms with Crippen molar-refractivity contribution in [2.75, 3.05) is 51.8 Å². The molecule has 0 saturated carbocycles. The molecule has 2 amide bonds. The van der Waals surface area contributed by atoms with Crippen molar-refractivity contribution in [1.82, 2.24) is 9.80 Å². The minimum atomic E-state index is -0.430. The highest BCUT2D eigenvalue weighted by molar-refractivity contribution is 6.36. The van der Waals surface area contributed by atoms with Crippen LogP contribution < -0.4 is 10.1 Å². The number of hydrogen-bond donors (Lipinski definition) is 1. The molecule has 0 unspecified atom stereocenters. The molecule has 0 aromatic heterocycles. The Morgan fingerprint density at radius 2 is 1.78 bits per heavy atom. The van der Waals surface area contributed by atoms with Crippen LogP contribution >= 0.6 is 0 Å². The largest absolute Gasteiger partial charge is 0.497 e. The van der Waals surface area contributed by atoms with Crippen LogP contribution in [0.3, 0.4) is 0 Å². The molecule has 2 aromatic carbocycles. The Labute approximate surface area is 186 Å². The van der Waals surface area contributed by atoms with Gasteiger partial charge in [0, 0.05) is 31.9 Å². The van der Waals surface area contributed by atoms with Crippen molar-refractivity contribution in [3.63, 3.8) is 0 Å². The number of methoxy groups -OCH3 is 1. The third kappa shape index (κ3) is 4.81. The van der Waals surface area contributed by atoms with Gasteiger partial charge in [-0.3, -0.25) is 19.4 Å². The minimum Gasteiger partial charge on any atom is -0.497 e. The lowest BCUT2D eigenvalue weighted by atomic mass is 10.0. The number of halogens is 1. The summed E-state index contributed by atoms with van der Waals surface area (Å²) in [4.78, 5) is 30.0. The number of carbonyl (C=O) groups is 2. The van der Waals surface area contributed by atoms with E-state index in [1.165, 1.54) is 17.0 Å². The van der Waals surface area contributed by atoms with Crippen LogP contribution in [0.1, 0.15) is 12.0 Å². The van der Waals surface area contributed by atoms with Crippen LogP contribution in [0.25, 0.3) is 5.57 Å². The molecule has 4 rings (SSSR count). The molecule has 2 heterocycles. The molecule has 32 heavy (non-hydrogen) atoms. The van der Waals surface area contributed by atoms with E-state index in [1.54, 1.807) is 43.5 Å². The van der Waals surface area contributed by atoms with Gasteiger partial charge in [-0.05, 0) is 42.3 Å². The quantitative estimate of drug-likeness (QED) is 0.638. The Hall–Kier alpha value is -3.23. The van der Waals surface area contributed by atoms with E-state index in [0.29, 0.717) is 43.2 Å². The Bertz CT molecular complexity index is 1020. The third-order valence-electron chi connectivity index (χ3n) is 5.60. The van der Waals surface area contributed by atoms with Gasteiger partial charge in [0.25, 0.3) is 11.8 Å².